The first-order chi connectivity index (χ1) is 8.72. The van der Waals surface area contributed by atoms with Crippen molar-refractivity contribution in [2.24, 2.45) is 11.8 Å². The van der Waals surface area contributed by atoms with E-state index >= 15 is 0 Å². The van der Waals surface area contributed by atoms with E-state index in [1.165, 1.54) is 0 Å². The molecule has 0 aliphatic carbocycles. The number of β-amino-alcohol motifs (C(OH)–C–C–N with tert-alkyl or cyclic N) is 1. The fraction of sp³-hybridized carbons (Fsp3) is 0.923. The van der Waals surface area contributed by atoms with Gasteiger partial charge in [-0.05, 0) is 37.8 Å². The lowest BCUT2D eigenvalue weighted by Gasteiger charge is -2.33. The molecule has 1 N–H and O–H groups in total. The first-order valence-corrected chi connectivity index (χ1v) is 8.02. The summed E-state index contributed by atoms with van der Waals surface area (Å²) >= 11 is 3.47. The van der Waals surface area contributed by atoms with Crippen molar-refractivity contribution in [2.75, 3.05) is 44.7 Å². The monoisotopic (exact) mass is 318 g/mol. The first-order valence-electron chi connectivity index (χ1n) is 6.90. The molecule has 1 atom stereocenters. The number of likely N-dealkylation sites (tertiary alicyclic amines) is 2. The van der Waals surface area contributed by atoms with Crippen LogP contribution in [0, 0.1) is 11.8 Å². The Labute approximate surface area is 117 Å². The van der Waals surface area contributed by atoms with Crippen molar-refractivity contribution in [1.29, 1.82) is 0 Å². The highest BCUT2D eigenvalue weighted by Crippen LogP contribution is 2.24. The number of alkyl halides is 1. The smallest absolute Gasteiger partial charge is 0.222 e. The topological polar surface area (TPSA) is 43.8 Å². The number of carbonyl (C=O) groups is 1. The number of nitrogens with zero attached hydrogens (tertiary/aromatic N) is 2. The van der Waals surface area contributed by atoms with Crippen LogP contribution in [-0.4, -0.2) is 65.5 Å². The molecule has 1 unspecified atom stereocenters. The van der Waals surface area contributed by atoms with E-state index in [1.807, 2.05) is 0 Å². The minimum atomic E-state index is 0.252. The number of piperidine rings is 1. The van der Waals surface area contributed by atoms with Gasteiger partial charge in [-0.2, -0.15) is 0 Å². The minimum Gasteiger partial charge on any atom is -0.395 e. The van der Waals surface area contributed by atoms with Crippen molar-refractivity contribution < 1.29 is 9.90 Å². The van der Waals surface area contributed by atoms with Gasteiger partial charge in [0.15, 0.2) is 0 Å². The number of rotatable bonds is 5. The molecule has 0 saturated carbocycles. The summed E-state index contributed by atoms with van der Waals surface area (Å²) in [6, 6.07) is 0. The Kier molecular flexibility index (Phi) is 5.45. The summed E-state index contributed by atoms with van der Waals surface area (Å²) in [5.41, 5.74) is 0. The van der Waals surface area contributed by atoms with Gasteiger partial charge in [-0.15, -0.1) is 0 Å². The minimum absolute atomic E-state index is 0.252. The van der Waals surface area contributed by atoms with Crippen LogP contribution in [0.4, 0.5) is 0 Å². The third-order valence-electron chi connectivity index (χ3n) is 4.11. The average Bonchev–Trinajstić information content (AvgIpc) is 2.73. The van der Waals surface area contributed by atoms with E-state index in [9.17, 15) is 4.79 Å². The van der Waals surface area contributed by atoms with Crippen molar-refractivity contribution in [2.45, 2.75) is 19.3 Å². The van der Waals surface area contributed by atoms with Gasteiger partial charge in [-0.1, -0.05) is 15.9 Å². The Morgan fingerprint density at radius 3 is 2.56 bits per heavy atom. The van der Waals surface area contributed by atoms with Gasteiger partial charge in [-0.3, -0.25) is 4.79 Å². The zero-order valence-electron chi connectivity index (χ0n) is 10.9. The lowest BCUT2D eigenvalue weighted by molar-refractivity contribution is -0.128. The van der Waals surface area contributed by atoms with E-state index in [0.29, 0.717) is 24.2 Å². The largest absolute Gasteiger partial charge is 0.395 e. The van der Waals surface area contributed by atoms with E-state index in [4.69, 9.17) is 5.11 Å². The standard InChI is InChI=1S/C13H23BrN2O2/c14-8-12-7-13(18)16(10-12)9-11-1-3-15(4-2-11)5-6-17/h11-12,17H,1-10H2. The Hall–Kier alpha value is -0.130. The fourth-order valence-electron chi connectivity index (χ4n) is 2.98. The molecule has 0 aromatic carbocycles. The number of hydrogen-bond donors (Lipinski definition) is 1. The quantitative estimate of drug-likeness (QED) is 0.767. The molecule has 1 amide bonds. The summed E-state index contributed by atoms with van der Waals surface area (Å²) in [6.45, 7) is 5.05. The van der Waals surface area contributed by atoms with Gasteiger partial charge in [0, 0.05) is 31.4 Å². The molecule has 2 heterocycles. The summed E-state index contributed by atoms with van der Waals surface area (Å²) in [7, 11) is 0. The SMILES string of the molecule is O=C1CC(CBr)CN1CC1CCN(CCO)CC1. The molecule has 4 nitrogen and oxygen atoms in total. The van der Waals surface area contributed by atoms with E-state index in [0.717, 1.165) is 50.9 Å². The molecule has 0 spiro atoms. The van der Waals surface area contributed by atoms with Gasteiger partial charge in [-0.25, -0.2) is 0 Å². The highest BCUT2D eigenvalue weighted by molar-refractivity contribution is 9.09. The zero-order valence-corrected chi connectivity index (χ0v) is 12.4. The summed E-state index contributed by atoms with van der Waals surface area (Å²) in [6.07, 6.45) is 3.03. The molecule has 104 valence electrons. The molecule has 2 saturated heterocycles. The molecular weight excluding hydrogens is 296 g/mol. The zero-order chi connectivity index (χ0) is 13.0. The maximum atomic E-state index is 11.8. The van der Waals surface area contributed by atoms with Crippen LogP contribution in [0.15, 0.2) is 0 Å². The molecule has 0 radical (unpaired) electrons. The van der Waals surface area contributed by atoms with Crippen molar-refractivity contribution in [1.82, 2.24) is 9.80 Å². The molecule has 0 bridgehead atoms. The molecule has 0 aromatic rings. The van der Waals surface area contributed by atoms with Gasteiger partial charge in [0.1, 0.15) is 0 Å². The van der Waals surface area contributed by atoms with Crippen molar-refractivity contribution in [3.05, 3.63) is 0 Å². The first kappa shape index (κ1) is 14.3. The lowest BCUT2D eigenvalue weighted by atomic mass is 9.96. The molecular formula is C13H23BrN2O2. The Morgan fingerprint density at radius 1 is 1.28 bits per heavy atom. The summed E-state index contributed by atoms with van der Waals surface area (Å²) in [4.78, 5) is 16.2. The predicted molar refractivity (Wildman–Crippen MR) is 74.7 cm³/mol. The number of carbonyl (C=O) groups excluding carboxylic acids is 1. The normalized spacial score (nSPS) is 27.1. The maximum absolute atomic E-state index is 11.8. The van der Waals surface area contributed by atoms with Crippen LogP contribution in [0.2, 0.25) is 0 Å². The van der Waals surface area contributed by atoms with E-state index in [1.54, 1.807) is 0 Å². The molecule has 2 aliphatic heterocycles. The van der Waals surface area contributed by atoms with Crippen molar-refractivity contribution in [3.63, 3.8) is 0 Å². The average molecular weight is 319 g/mol. The second kappa shape index (κ2) is 6.87. The fourth-order valence-corrected chi connectivity index (χ4v) is 3.41. The van der Waals surface area contributed by atoms with Gasteiger partial charge in [0.2, 0.25) is 5.91 Å². The lowest BCUT2D eigenvalue weighted by Crippen LogP contribution is -2.40. The third kappa shape index (κ3) is 3.68. The van der Waals surface area contributed by atoms with Crippen LogP contribution in [0.1, 0.15) is 19.3 Å². The van der Waals surface area contributed by atoms with Crippen LogP contribution < -0.4 is 0 Å². The second-order valence-corrected chi connectivity index (χ2v) is 6.18. The highest BCUT2D eigenvalue weighted by Gasteiger charge is 2.31. The molecule has 5 heteroatoms. The predicted octanol–water partition coefficient (Wildman–Crippen LogP) is 0.934. The molecule has 2 aliphatic rings. The Bertz CT molecular complexity index is 280. The van der Waals surface area contributed by atoms with Gasteiger partial charge < -0.3 is 14.9 Å². The maximum Gasteiger partial charge on any atom is 0.222 e. The number of aliphatic hydroxyl groups excluding tert-OH is 1. The summed E-state index contributed by atoms with van der Waals surface area (Å²) in [5, 5.41) is 9.84. The molecule has 0 aromatic heterocycles. The van der Waals surface area contributed by atoms with Crippen molar-refractivity contribution in [3.8, 4) is 0 Å². The van der Waals surface area contributed by atoms with Crippen LogP contribution in [0.3, 0.4) is 0 Å². The molecule has 18 heavy (non-hydrogen) atoms. The van der Waals surface area contributed by atoms with E-state index in [-0.39, 0.29) is 6.61 Å². The molecule has 2 rings (SSSR count). The van der Waals surface area contributed by atoms with Crippen LogP contribution >= 0.6 is 15.9 Å². The van der Waals surface area contributed by atoms with Gasteiger partial charge in [0.25, 0.3) is 0 Å². The van der Waals surface area contributed by atoms with E-state index < -0.39 is 0 Å². The summed E-state index contributed by atoms with van der Waals surface area (Å²) < 4.78 is 0. The van der Waals surface area contributed by atoms with Gasteiger partial charge >= 0.3 is 0 Å². The Morgan fingerprint density at radius 2 is 2.00 bits per heavy atom. The third-order valence-corrected chi connectivity index (χ3v) is 5.03. The Balaban J connectivity index is 1.73. The van der Waals surface area contributed by atoms with Crippen LogP contribution in [-0.2, 0) is 4.79 Å². The van der Waals surface area contributed by atoms with Crippen LogP contribution in [0.25, 0.3) is 0 Å². The molecule has 2 fully saturated rings. The number of amides is 1. The number of hydrogen-bond acceptors (Lipinski definition) is 3. The number of halogens is 1. The van der Waals surface area contributed by atoms with Gasteiger partial charge in [0.05, 0.1) is 6.61 Å². The van der Waals surface area contributed by atoms with Crippen molar-refractivity contribution >= 4 is 21.8 Å². The van der Waals surface area contributed by atoms with E-state index in [2.05, 4.69) is 25.7 Å². The van der Waals surface area contributed by atoms with Crippen LogP contribution in [0.5, 0.6) is 0 Å². The second-order valence-electron chi connectivity index (χ2n) is 5.53. The number of aliphatic hydroxyl groups is 1. The summed E-state index contributed by atoms with van der Waals surface area (Å²) in [5.74, 6) is 1.49. The highest BCUT2D eigenvalue weighted by atomic mass is 79.9.